The topological polar surface area (TPSA) is 35.5 Å². The lowest BCUT2D eigenvalue weighted by atomic mass is 9.98. The molecule has 1 heterocycles. The van der Waals surface area contributed by atoms with Gasteiger partial charge in [-0.25, -0.2) is 0 Å². The maximum atomic E-state index is 12.5. The molecule has 0 aliphatic carbocycles. The Hall–Kier alpha value is -2.29. The van der Waals surface area contributed by atoms with E-state index in [1.54, 1.807) is 19.2 Å². The van der Waals surface area contributed by atoms with Crippen molar-refractivity contribution in [1.29, 1.82) is 0 Å². The second kappa shape index (κ2) is 5.37. The number of hydrogen-bond donors (Lipinski definition) is 0. The lowest BCUT2D eigenvalue weighted by Gasteiger charge is -2.17. The molecule has 0 radical (unpaired) electrons. The van der Waals surface area contributed by atoms with Crippen LogP contribution in [0.1, 0.15) is 27.9 Å². The number of ketones is 1. The van der Waals surface area contributed by atoms with Gasteiger partial charge in [-0.1, -0.05) is 12.1 Å². The van der Waals surface area contributed by atoms with E-state index in [0.29, 0.717) is 16.9 Å². The molecule has 3 rings (SSSR count). The first-order chi connectivity index (χ1) is 9.78. The fourth-order valence-corrected chi connectivity index (χ4v) is 2.43. The minimum absolute atomic E-state index is 0.0114. The van der Waals surface area contributed by atoms with E-state index < -0.39 is 0 Å². The molecule has 0 N–H and O–H groups in total. The van der Waals surface area contributed by atoms with Gasteiger partial charge in [-0.05, 0) is 48.7 Å². The molecule has 102 valence electrons. The van der Waals surface area contributed by atoms with E-state index in [1.807, 2.05) is 30.3 Å². The molecule has 1 aliphatic heterocycles. The number of carbonyl (C=O) groups excluding carboxylic acids is 1. The van der Waals surface area contributed by atoms with Gasteiger partial charge in [0.05, 0.1) is 13.7 Å². The molecular weight excluding hydrogens is 252 g/mol. The minimum Gasteiger partial charge on any atom is -0.497 e. The summed E-state index contributed by atoms with van der Waals surface area (Å²) in [5.74, 6) is 1.60. The van der Waals surface area contributed by atoms with Crippen LogP contribution in [-0.2, 0) is 6.42 Å². The fraction of sp³-hybridized carbons (Fsp3) is 0.235. The van der Waals surface area contributed by atoms with Crippen molar-refractivity contribution in [2.24, 2.45) is 0 Å². The van der Waals surface area contributed by atoms with E-state index in [9.17, 15) is 4.79 Å². The summed E-state index contributed by atoms with van der Waals surface area (Å²) >= 11 is 0. The van der Waals surface area contributed by atoms with Crippen LogP contribution in [0, 0.1) is 0 Å². The average molecular weight is 268 g/mol. The fourth-order valence-electron chi connectivity index (χ4n) is 2.43. The first-order valence-corrected chi connectivity index (χ1v) is 6.72. The number of benzene rings is 2. The van der Waals surface area contributed by atoms with E-state index >= 15 is 0 Å². The summed E-state index contributed by atoms with van der Waals surface area (Å²) in [7, 11) is 1.60. The first kappa shape index (κ1) is 12.7. The summed E-state index contributed by atoms with van der Waals surface area (Å²) in [4.78, 5) is 12.5. The molecule has 0 saturated carbocycles. The van der Waals surface area contributed by atoms with Crippen molar-refractivity contribution in [1.82, 2.24) is 0 Å². The Morgan fingerprint density at radius 1 is 1.15 bits per heavy atom. The number of carbonyl (C=O) groups is 1. The van der Waals surface area contributed by atoms with Crippen molar-refractivity contribution >= 4 is 5.78 Å². The lowest BCUT2D eigenvalue weighted by Crippen LogP contribution is -2.10. The third-order valence-corrected chi connectivity index (χ3v) is 3.50. The third kappa shape index (κ3) is 2.39. The quantitative estimate of drug-likeness (QED) is 0.802. The van der Waals surface area contributed by atoms with Crippen LogP contribution in [0.5, 0.6) is 11.5 Å². The van der Waals surface area contributed by atoms with Gasteiger partial charge in [0, 0.05) is 11.1 Å². The summed E-state index contributed by atoms with van der Waals surface area (Å²) in [5.41, 5.74) is 2.45. The van der Waals surface area contributed by atoms with Crippen molar-refractivity contribution in [3.05, 3.63) is 59.2 Å². The highest BCUT2D eigenvalue weighted by atomic mass is 16.5. The van der Waals surface area contributed by atoms with Gasteiger partial charge >= 0.3 is 0 Å². The Balaban J connectivity index is 1.93. The largest absolute Gasteiger partial charge is 0.497 e. The molecule has 0 unspecified atom stereocenters. The normalized spacial score (nSPS) is 13.2. The minimum atomic E-state index is 0.0114. The van der Waals surface area contributed by atoms with E-state index in [4.69, 9.17) is 9.47 Å². The van der Waals surface area contributed by atoms with Gasteiger partial charge in [-0.2, -0.15) is 0 Å². The zero-order valence-corrected chi connectivity index (χ0v) is 11.4. The van der Waals surface area contributed by atoms with Crippen LogP contribution in [-0.4, -0.2) is 19.5 Å². The molecule has 3 nitrogen and oxygen atoms in total. The van der Waals surface area contributed by atoms with Gasteiger partial charge < -0.3 is 9.47 Å². The first-order valence-electron chi connectivity index (χ1n) is 6.72. The van der Waals surface area contributed by atoms with E-state index in [0.717, 1.165) is 30.8 Å². The van der Waals surface area contributed by atoms with Crippen LogP contribution in [0.2, 0.25) is 0 Å². The number of ether oxygens (including phenoxy) is 2. The predicted octanol–water partition coefficient (Wildman–Crippen LogP) is 3.25. The summed E-state index contributed by atoms with van der Waals surface area (Å²) in [5, 5.41) is 0. The molecule has 0 amide bonds. The van der Waals surface area contributed by atoms with Gasteiger partial charge in [-0.15, -0.1) is 0 Å². The van der Waals surface area contributed by atoms with E-state index in [1.165, 1.54) is 0 Å². The number of hydrogen-bond acceptors (Lipinski definition) is 3. The molecule has 0 bridgehead atoms. The van der Waals surface area contributed by atoms with E-state index in [2.05, 4.69) is 0 Å². The zero-order chi connectivity index (χ0) is 13.9. The van der Waals surface area contributed by atoms with Crippen LogP contribution < -0.4 is 9.47 Å². The molecule has 0 atom stereocenters. The lowest BCUT2D eigenvalue weighted by molar-refractivity contribution is 0.103. The van der Waals surface area contributed by atoms with Crippen LogP contribution in [0.15, 0.2) is 42.5 Å². The molecule has 20 heavy (non-hydrogen) atoms. The Bertz CT molecular complexity index is 646. The Morgan fingerprint density at radius 2 is 2.00 bits per heavy atom. The van der Waals surface area contributed by atoms with Crippen LogP contribution in [0.4, 0.5) is 0 Å². The molecule has 1 aliphatic rings. The Kier molecular flexibility index (Phi) is 3.42. The van der Waals surface area contributed by atoms with Crippen LogP contribution >= 0.6 is 0 Å². The molecular formula is C17H16O3. The summed E-state index contributed by atoms with van der Waals surface area (Å²) in [6.45, 7) is 0.760. The number of fused-ring (bicyclic) bond motifs is 1. The molecule has 0 aromatic heterocycles. The van der Waals surface area contributed by atoms with E-state index in [-0.39, 0.29) is 5.78 Å². The number of methoxy groups -OCH3 is 1. The van der Waals surface area contributed by atoms with Gasteiger partial charge in [-0.3, -0.25) is 4.79 Å². The maximum Gasteiger partial charge on any atom is 0.193 e. The smallest absolute Gasteiger partial charge is 0.193 e. The average Bonchev–Trinajstić information content (AvgIpc) is 2.53. The van der Waals surface area contributed by atoms with Gasteiger partial charge in [0.1, 0.15) is 11.5 Å². The van der Waals surface area contributed by atoms with Crippen LogP contribution in [0.3, 0.4) is 0 Å². The molecule has 0 saturated heterocycles. The van der Waals surface area contributed by atoms with Gasteiger partial charge in [0.2, 0.25) is 0 Å². The molecule has 2 aromatic rings. The molecule has 2 aromatic carbocycles. The summed E-state index contributed by atoms with van der Waals surface area (Å²) in [6, 6.07) is 12.9. The van der Waals surface area contributed by atoms with Crippen molar-refractivity contribution in [3.63, 3.8) is 0 Å². The zero-order valence-electron chi connectivity index (χ0n) is 11.4. The second-order valence-corrected chi connectivity index (χ2v) is 4.84. The SMILES string of the molecule is COc1cccc(C(=O)c2ccc3c(c2)CCCO3)c1. The van der Waals surface area contributed by atoms with Crippen molar-refractivity contribution in [2.75, 3.05) is 13.7 Å². The Morgan fingerprint density at radius 3 is 2.85 bits per heavy atom. The highest BCUT2D eigenvalue weighted by Gasteiger charge is 2.15. The van der Waals surface area contributed by atoms with Crippen LogP contribution in [0.25, 0.3) is 0 Å². The molecule has 0 spiro atoms. The third-order valence-electron chi connectivity index (χ3n) is 3.50. The summed E-state index contributed by atoms with van der Waals surface area (Å²) in [6.07, 6.45) is 1.97. The predicted molar refractivity (Wildman–Crippen MR) is 76.7 cm³/mol. The van der Waals surface area contributed by atoms with Gasteiger partial charge in [0.25, 0.3) is 0 Å². The number of aryl methyl sites for hydroxylation is 1. The second-order valence-electron chi connectivity index (χ2n) is 4.84. The highest BCUT2D eigenvalue weighted by Crippen LogP contribution is 2.27. The Labute approximate surface area is 118 Å². The van der Waals surface area contributed by atoms with Crippen molar-refractivity contribution in [2.45, 2.75) is 12.8 Å². The highest BCUT2D eigenvalue weighted by molar-refractivity contribution is 6.09. The van der Waals surface area contributed by atoms with Crippen molar-refractivity contribution < 1.29 is 14.3 Å². The standard InChI is InChI=1S/C17H16O3/c1-19-15-6-2-4-13(11-15)17(18)14-7-8-16-12(10-14)5-3-9-20-16/h2,4,6-8,10-11H,3,5,9H2,1H3. The number of rotatable bonds is 3. The maximum absolute atomic E-state index is 12.5. The molecule has 0 fully saturated rings. The monoisotopic (exact) mass is 268 g/mol. The van der Waals surface area contributed by atoms with Gasteiger partial charge in [0.15, 0.2) is 5.78 Å². The van der Waals surface area contributed by atoms with Crippen molar-refractivity contribution in [3.8, 4) is 11.5 Å². The molecule has 3 heteroatoms. The summed E-state index contributed by atoms with van der Waals surface area (Å²) < 4.78 is 10.7.